The molecule has 1 heterocycles. The number of fused-ring (bicyclic) bond motifs is 3. The van der Waals surface area contributed by atoms with E-state index in [2.05, 4.69) is 36.2 Å². The molecule has 0 spiro atoms. The van der Waals surface area contributed by atoms with Crippen LogP contribution in [0.25, 0.3) is 21.8 Å². The highest BCUT2D eigenvalue weighted by Gasteiger charge is 2.18. The molecule has 0 saturated heterocycles. The number of carbonyl (C=O) groups is 1. The molecule has 3 aromatic rings. The van der Waals surface area contributed by atoms with Gasteiger partial charge in [0.05, 0.1) is 6.42 Å². The summed E-state index contributed by atoms with van der Waals surface area (Å²) in [7, 11) is 0. The number of carboxylic acids is 1. The fraction of sp³-hybridized carbons (Fsp3) is 0.278. The Morgan fingerprint density at radius 1 is 1.14 bits per heavy atom. The number of benzene rings is 2. The predicted molar refractivity (Wildman–Crippen MR) is 85.7 cm³/mol. The number of aromatic nitrogens is 1. The average Bonchev–Trinajstić information content (AvgIpc) is 2.85. The highest BCUT2D eigenvalue weighted by molar-refractivity contribution is 6.08. The molecule has 1 atom stereocenters. The lowest BCUT2D eigenvalue weighted by Gasteiger charge is -2.15. The van der Waals surface area contributed by atoms with Crippen molar-refractivity contribution in [1.82, 2.24) is 4.98 Å². The van der Waals surface area contributed by atoms with Gasteiger partial charge in [-0.15, -0.1) is 0 Å². The summed E-state index contributed by atoms with van der Waals surface area (Å²) >= 11 is 0. The zero-order chi connectivity index (χ0) is 14.8. The van der Waals surface area contributed by atoms with Crippen LogP contribution >= 0.6 is 0 Å². The van der Waals surface area contributed by atoms with Crippen molar-refractivity contribution in [2.75, 3.05) is 0 Å². The zero-order valence-corrected chi connectivity index (χ0v) is 12.1. The van der Waals surface area contributed by atoms with Crippen molar-refractivity contribution in [2.45, 2.75) is 32.1 Å². The maximum absolute atomic E-state index is 11.2. The number of hydrogen-bond acceptors (Lipinski definition) is 1. The molecule has 108 valence electrons. The Labute approximate surface area is 123 Å². The van der Waals surface area contributed by atoms with Crippen LogP contribution < -0.4 is 0 Å². The zero-order valence-electron chi connectivity index (χ0n) is 12.1. The van der Waals surface area contributed by atoms with E-state index in [-0.39, 0.29) is 12.3 Å². The Balaban J connectivity index is 2.19. The normalized spacial score (nSPS) is 12.8. The van der Waals surface area contributed by atoms with Crippen LogP contribution in [0.3, 0.4) is 0 Å². The van der Waals surface area contributed by atoms with Crippen molar-refractivity contribution >= 4 is 27.8 Å². The van der Waals surface area contributed by atoms with Gasteiger partial charge in [0.25, 0.3) is 0 Å². The van der Waals surface area contributed by atoms with Gasteiger partial charge < -0.3 is 10.1 Å². The molecule has 0 radical (unpaired) electrons. The first kappa shape index (κ1) is 13.7. The minimum Gasteiger partial charge on any atom is -0.481 e. The predicted octanol–water partition coefficient (Wildman–Crippen LogP) is 4.68. The minimum atomic E-state index is -0.735. The number of hydrogen-bond donors (Lipinski definition) is 2. The van der Waals surface area contributed by atoms with Crippen LogP contribution in [0, 0.1) is 0 Å². The van der Waals surface area contributed by atoms with Gasteiger partial charge in [-0.25, -0.2) is 0 Å². The molecule has 0 aliphatic rings. The summed E-state index contributed by atoms with van der Waals surface area (Å²) in [6, 6.07) is 14.4. The third kappa shape index (κ3) is 2.51. The largest absolute Gasteiger partial charge is 0.481 e. The number of carboxylic acid groups (broad SMARTS) is 1. The first-order valence-corrected chi connectivity index (χ1v) is 7.41. The molecule has 1 unspecified atom stereocenters. The van der Waals surface area contributed by atoms with Gasteiger partial charge >= 0.3 is 5.97 Å². The van der Waals surface area contributed by atoms with Gasteiger partial charge in [0, 0.05) is 21.8 Å². The molecule has 0 saturated carbocycles. The lowest BCUT2D eigenvalue weighted by Crippen LogP contribution is -2.06. The second-order valence-corrected chi connectivity index (χ2v) is 5.52. The van der Waals surface area contributed by atoms with Crippen LogP contribution in [-0.4, -0.2) is 16.1 Å². The van der Waals surface area contributed by atoms with Gasteiger partial charge in [0.15, 0.2) is 0 Å². The van der Waals surface area contributed by atoms with Gasteiger partial charge in [0.2, 0.25) is 0 Å². The number of aromatic amines is 1. The maximum atomic E-state index is 11.2. The molecule has 3 nitrogen and oxygen atoms in total. The van der Waals surface area contributed by atoms with E-state index in [4.69, 9.17) is 0 Å². The Kier molecular flexibility index (Phi) is 3.65. The fourth-order valence-corrected chi connectivity index (χ4v) is 3.16. The molecule has 0 fully saturated rings. The summed E-state index contributed by atoms with van der Waals surface area (Å²) in [6.45, 7) is 2.10. The van der Waals surface area contributed by atoms with Crippen molar-refractivity contribution in [3.05, 3.63) is 48.0 Å². The number of para-hydroxylation sites is 2. The van der Waals surface area contributed by atoms with E-state index in [1.54, 1.807) is 0 Å². The lowest BCUT2D eigenvalue weighted by atomic mass is 9.90. The SMILES string of the molecule is CCCC(CC(=O)O)c1cccc2c1[nH]c1ccccc12. The molecule has 0 amide bonds. The van der Waals surface area contributed by atoms with Crippen molar-refractivity contribution < 1.29 is 9.90 Å². The van der Waals surface area contributed by atoms with Gasteiger partial charge in [-0.05, 0) is 24.0 Å². The Morgan fingerprint density at radius 2 is 1.90 bits per heavy atom. The van der Waals surface area contributed by atoms with E-state index in [0.29, 0.717) is 0 Å². The Morgan fingerprint density at radius 3 is 2.67 bits per heavy atom. The number of aliphatic carboxylic acids is 1. The first-order valence-electron chi connectivity index (χ1n) is 7.41. The third-order valence-corrected chi connectivity index (χ3v) is 4.07. The molecule has 2 N–H and O–H groups in total. The van der Waals surface area contributed by atoms with Crippen molar-refractivity contribution in [3.8, 4) is 0 Å². The highest BCUT2D eigenvalue weighted by Crippen LogP contribution is 2.34. The molecule has 1 aromatic heterocycles. The van der Waals surface area contributed by atoms with Crippen LogP contribution in [0.5, 0.6) is 0 Å². The average molecular weight is 281 g/mol. The van der Waals surface area contributed by atoms with E-state index >= 15 is 0 Å². The summed E-state index contributed by atoms with van der Waals surface area (Å²) in [5.74, 6) is -0.675. The lowest BCUT2D eigenvalue weighted by molar-refractivity contribution is -0.137. The van der Waals surface area contributed by atoms with Gasteiger partial charge in [-0.2, -0.15) is 0 Å². The Hall–Kier alpha value is -2.29. The van der Waals surface area contributed by atoms with E-state index in [0.717, 1.165) is 29.4 Å². The Bertz CT molecular complexity index is 788. The van der Waals surface area contributed by atoms with E-state index in [1.165, 1.54) is 10.8 Å². The molecular formula is C18H19NO2. The molecule has 21 heavy (non-hydrogen) atoms. The molecular weight excluding hydrogens is 262 g/mol. The van der Waals surface area contributed by atoms with E-state index in [9.17, 15) is 9.90 Å². The quantitative estimate of drug-likeness (QED) is 0.713. The van der Waals surface area contributed by atoms with Crippen LogP contribution in [0.4, 0.5) is 0 Å². The summed E-state index contributed by atoms with van der Waals surface area (Å²) in [5.41, 5.74) is 3.30. The first-order chi connectivity index (χ1) is 10.2. The summed E-state index contributed by atoms with van der Waals surface area (Å²) in [5, 5.41) is 11.5. The summed E-state index contributed by atoms with van der Waals surface area (Å²) in [4.78, 5) is 14.6. The maximum Gasteiger partial charge on any atom is 0.303 e. The molecule has 3 heteroatoms. The third-order valence-electron chi connectivity index (χ3n) is 4.07. The summed E-state index contributed by atoms with van der Waals surface area (Å²) in [6.07, 6.45) is 2.05. The van der Waals surface area contributed by atoms with Crippen molar-refractivity contribution in [3.63, 3.8) is 0 Å². The molecule has 2 aromatic carbocycles. The number of rotatable bonds is 5. The van der Waals surface area contributed by atoms with Crippen LogP contribution in [0.2, 0.25) is 0 Å². The second-order valence-electron chi connectivity index (χ2n) is 5.52. The smallest absolute Gasteiger partial charge is 0.303 e. The minimum absolute atomic E-state index is 0.0595. The highest BCUT2D eigenvalue weighted by atomic mass is 16.4. The van der Waals surface area contributed by atoms with Crippen molar-refractivity contribution in [2.24, 2.45) is 0 Å². The van der Waals surface area contributed by atoms with Crippen molar-refractivity contribution in [1.29, 1.82) is 0 Å². The standard InChI is InChI=1S/C18H19NO2/c1-2-6-12(11-17(20)21)13-8-5-9-15-14-7-3-4-10-16(14)19-18(13)15/h3-5,7-10,12,19H,2,6,11H2,1H3,(H,20,21). The topological polar surface area (TPSA) is 53.1 Å². The van der Waals surface area contributed by atoms with Crippen LogP contribution in [-0.2, 0) is 4.79 Å². The van der Waals surface area contributed by atoms with Gasteiger partial charge in [-0.1, -0.05) is 49.7 Å². The van der Waals surface area contributed by atoms with Gasteiger partial charge in [-0.3, -0.25) is 4.79 Å². The van der Waals surface area contributed by atoms with E-state index < -0.39 is 5.97 Å². The van der Waals surface area contributed by atoms with Crippen LogP contribution in [0.15, 0.2) is 42.5 Å². The fourth-order valence-electron chi connectivity index (χ4n) is 3.16. The molecule has 3 rings (SSSR count). The number of nitrogens with one attached hydrogen (secondary N) is 1. The summed E-state index contributed by atoms with van der Waals surface area (Å²) < 4.78 is 0. The monoisotopic (exact) mass is 281 g/mol. The van der Waals surface area contributed by atoms with Crippen LogP contribution in [0.1, 0.15) is 37.7 Å². The molecule has 0 aliphatic heterocycles. The van der Waals surface area contributed by atoms with E-state index in [1.807, 2.05) is 18.2 Å². The number of H-pyrrole nitrogens is 1. The molecule has 0 bridgehead atoms. The van der Waals surface area contributed by atoms with Gasteiger partial charge in [0.1, 0.15) is 0 Å². The molecule has 0 aliphatic carbocycles. The second kappa shape index (κ2) is 5.60.